The van der Waals surface area contributed by atoms with Crippen LogP contribution in [0.2, 0.25) is 0 Å². The number of hydrogen-bond acceptors (Lipinski definition) is 1. The lowest BCUT2D eigenvalue weighted by Gasteiger charge is -2.27. The highest BCUT2D eigenvalue weighted by Crippen LogP contribution is 2.34. The van der Waals surface area contributed by atoms with E-state index < -0.39 is 11.7 Å². The molecule has 0 N–H and O–H groups in total. The molecule has 0 saturated carbocycles. The fourth-order valence-corrected chi connectivity index (χ4v) is 2.88. The molecule has 0 saturated heterocycles. The molecule has 0 aliphatic heterocycles. The van der Waals surface area contributed by atoms with Crippen molar-refractivity contribution in [3.05, 3.63) is 65.2 Å². The summed E-state index contributed by atoms with van der Waals surface area (Å²) in [6.07, 6.45) is -3.60. The molecule has 0 aromatic heterocycles. The second-order valence-corrected chi connectivity index (χ2v) is 8.30. The van der Waals surface area contributed by atoms with Crippen LogP contribution in [0.3, 0.4) is 0 Å². The summed E-state index contributed by atoms with van der Waals surface area (Å²) in [4.78, 5) is 0. The number of para-hydroxylation sites is 1. The summed E-state index contributed by atoms with van der Waals surface area (Å²) < 4.78 is 44.2. The largest absolute Gasteiger partial charge is 0.493 e. The molecule has 2 aromatic carbocycles. The summed E-state index contributed by atoms with van der Waals surface area (Å²) in [6, 6.07) is 13.4. The molecular weight excluding hydrogens is 337 g/mol. The SMILES string of the molecule is CC(C)(C)c1ccccc1OCCC(C)(C)c1ccc(C(F)(F)F)cc1. The van der Waals surface area contributed by atoms with E-state index in [9.17, 15) is 13.2 Å². The van der Waals surface area contributed by atoms with Crippen LogP contribution in [0, 0.1) is 0 Å². The number of hydrogen-bond donors (Lipinski definition) is 0. The van der Waals surface area contributed by atoms with Crippen LogP contribution >= 0.6 is 0 Å². The van der Waals surface area contributed by atoms with Crippen molar-refractivity contribution >= 4 is 0 Å². The maximum Gasteiger partial charge on any atom is 0.416 e. The van der Waals surface area contributed by atoms with Gasteiger partial charge < -0.3 is 4.74 Å². The molecule has 0 atom stereocenters. The Morgan fingerprint density at radius 2 is 1.31 bits per heavy atom. The summed E-state index contributed by atoms with van der Waals surface area (Å²) in [6.45, 7) is 11.0. The number of benzene rings is 2. The highest BCUT2D eigenvalue weighted by Gasteiger charge is 2.31. The predicted octanol–water partition coefficient (Wildman–Crippen LogP) is 6.75. The van der Waals surface area contributed by atoms with Crippen molar-refractivity contribution in [1.29, 1.82) is 0 Å². The lowest BCUT2D eigenvalue weighted by molar-refractivity contribution is -0.137. The molecule has 4 heteroatoms. The van der Waals surface area contributed by atoms with Gasteiger partial charge in [-0.15, -0.1) is 0 Å². The van der Waals surface area contributed by atoms with Crippen LogP contribution < -0.4 is 4.74 Å². The van der Waals surface area contributed by atoms with E-state index in [4.69, 9.17) is 4.74 Å². The number of halogens is 3. The van der Waals surface area contributed by atoms with Gasteiger partial charge in [0.05, 0.1) is 12.2 Å². The smallest absolute Gasteiger partial charge is 0.416 e. The zero-order valence-corrected chi connectivity index (χ0v) is 16.1. The Balaban J connectivity index is 2.05. The van der Waals surface area contributed by atoms with Crippen molar-refractivity contribution in [2.75, 3.05) is 6.61 Å². The lowest BCUT2D eigenvalue weighted by Crippen LogP contribution is -2.22. The highest BCUT2D eigenvalue weighted by atomic mass is 19.4. The van der Waals surface area contributed by atoms with E-state index in [1.165, 1.54) is 0 Å². The minimum Gasteiger partial charge on any atom is -0.493 e. The summed E-state index contributed by atoms with van der Waals surface area (Å²) in [5.74, 6) is 0.864. The van der Waals surface area contributed by atoms with E-state index in [1.54, 1.807) is 12.1 Å². The van der Waals surface area contributed by atoms with Gasteiger partial charge in [-0.1, -0.05) is 65.0 Å². The zero-order valence-electron chi connectivity index (χ0n) is 16.1. The van der Waals surface area contributed by atoms with Gasteiger partial charge >= 0.3 is 6.18 Å². The van der Waals surface area contributed by atoms with Crippen LogP contribution in [0.25, 0.3) is 0 Å². The molecule has 0 aliphatic rings. The van der Waals surface area contributed by atoms with Gasteiger partial charge in [-0.25, -0.2) is 0 Å². The van der Waals surface area contributed by atoms with Gasteiger partial charge in [-0.05, 0) is 46.6 Å². The molecule has 142 valence electrons. The second kappa shape index (κ2) is 7.34. The van der Waals surface area contributed by atoms with E-state index in [2.05, 4.69) is 26.8 Å². The first-order valence-electron chi connectivity index (χ1n) is 8.81. The molecule has 0 spiro atoms. The van der Waals surface area contributed by atoms with Gasteiger partial charge in [0.2, 0.25) is 0 Å². The normalized spacial score (nSPS) is 12.9. The molecule has 26 heavy (non-hydrogen) atoms. The third-order valence-corrected chi connectivity index (χ3v) is 4.67. The standard InChI is InChI=1S/C22H27F3O/c1-20(2,3)18-8-6-7-9-19(18)26-15-14-21(4,5)16-10-12-17(13-11-16)22(23,24)25/h6-13H,14-15H2,1-5H3. The van der Waals surface area contributed by atoms with Crippen LogP contribution in [0.1, 0.15) is 57.7 Å². The Hall–Kier alpha value is -1.97. The van der Waals surface area contributed by atoms with Crippen molar-refractivity contribution in [3.8, 4) is 5.75 Å². The van der Waals surface area contributed by atoms with Crippen molar-refractivity contribution in [2.24, 2.45) is 0 Å². The number of rotatable bonds is 5. The van der Waals surface area contributed by atoms with Crippen LogP contribution in [0.5, 0.6) is 5.75 Å². The van der Waals surface area contributed by atoms with E-state index in [-0.39, 0.29) is 10.8 Å². The molecule has 0 bridgehead atoms. The molecule has 2 rings (SSSR count). The molecule has 2 aromatic rings. The Kier molecular flexibility index (Phi) is 5.74. The van der Waals surface area contributed by atoms with Crippen molar-refractivity contribution in [2.45, 2.75) is 58.0 Å². The van der Waals surface area contributed by atoms with Gasteiger partial charge in [0, 0.05) is 0 Å². The fourth-order valence-electron chi connectivity index (χ4n) is 2.88. The van der Waals surface area contributed by atoms with Gasteiger partial charge in [0.1, 0.15) is 5.75 Å². The van der Waals surface area contributed by atoms with E-state index in [0.29, 0.717) is 13.0 Å². The first-order valence-corrected chi connectivity index (χ1v) is 8.81. The van der Waals surface area contributed by atoms with Gasteiger partial charge in [-0.3, -0.25) is 0 Å². The zero-order chi connectivity index (χ0) is 19.6. The van der Waals surface area contributed by atoms with Crippen LogP contribution in [0.15, 0.2) is 48.5 Å². The number of ether oxygens (including phenoxy) is 1. The topological polar surface area (TPSA) is 9.23 Å². The second-order valence-electron chi connectivity index (χ2n) is 8.30. The van der Waals surface area contributed by atoms with Crippen molar-refractivity contribution in [3.63, 3.8) is 0 Å². The first-order chi connectivity index (χ1) is 11.9. The van der Waals surface area contributed by atoms with Gasteiger partial charge in [-0.2, -0.15) is 13.2 Å². The maximum absolute atomic E-state index is 12.7. The quantitative estimate of drug-likeness (QED) is 0.570. The van der Waals surface area contributed by atoms with Gasteiger partial charge in [0.15, 0.2) is 0 Å². The maximum atomic E-state index is 12.7. The summed E-state index contributed by atoms with van der Waals surface area (Å²) >= 11 is 0. The Labute approximate surface area is 154 Å². The predicted molar refractivity (Wildman–Crippen MR) is 99.7 cm³/mol. The molecule has 0 radical (unpaired) electrons. The van der Waals surface area contributed by atoms with Crippen LogP contribution in [-0.2, 0) is 17.0 Å². The molecule has 0 heterocycles. The molecular formula is C22H27F3O. The molecule has 1 nitrogen and oxygen atoms in total. The third kappa shape index (κ3) is 5.03. The highest BCUT2D eigenvalue weighted by molar-refractivity contribution is 5.38. The monoisotopic (exact) mass is 364 g/mol. The molecule has 0 amide bonds. The minimum absolute atomic E-state index is 0.0143. The Bertz CT molecular complexity index is 722. The van der Waals surface area contributed by atoms with Gasteiger partial charge in [0.25, 0.3) is 0 Å². The molecule has 0 aliphatic carbocycles. The van der Waals surface area contributed by atoms with E-state index in [1.807, 2.05) is 32.0 Å². The molecule has 0 unspecified atom stereocenters. The summed E-state index contributed by atoms with van der Waals surface area (Å²) in [5.41, 5.74) is 1.11. The summed E-state index contributed by atoms with van der Waals surface area (Å²) in [5, 5.41) is 0. The average Bonchev–Trinajstić information content (AvgIpc) is 2.53. The van der Waals surface area contributed by atoms with E-state index >= 15 is 0 Å². The van der Waals surface area contributed by atoms with Crippen LogP contribution in [0.4, 0.5) is 13.2 Å². The average molecular weight is 364 g/mol. The van der Waals surface area contributed by atoms with Crippen LogP contribution in [-0.4, -0.2) is 6.61 Å². The van der Waals surface area contributed by atoms with Crippen molar-refractivity contribution < 1.29 is 17.9 Å². The molecule has 0 fully saturated rings. The first kappa shape index (κ1) is 20.3. The lowest BCUT2D eigenvalue weighted by atomic mass is 9.81. The van der Waals surface area contributed by atoms with Crippen molar-refractivity contribution in [1.82, 2.24) is 0 Å². The Morgan fingerprint density at radius 3 is 1.85 bits per heavy atom. The Morgan fingerprint density at radius 1 is 0.769 bits per heavy atom. The summed E-state index contributed by atoms with van der Waals surface area (Å²) in [7, 11) is 0. The third-order valence-electron chi connectivity index (χ3n) is 4.67. The minimum atomic E-state index is -4.30. The van der Waals surface area contributed by atoms with E-state index in [0.717, 1.165) is 29.0 Å². The number of alkyl halides is 3. The fraction of sp³-hybridized carbons (Fsp3) is 0.455.